The lowest BCUT2D eigenvalue weighted by molar-refractivity contribution is 0.286. The normalized spacial score (nSPS) is 13.3. The topological polar surface area (TPSA) is 55.4 Å². The van der Waals surface area contributed by atoms with Crippen molar-refractivity contribution in [2.45, 2.75) is 26.3 Å². The number of para-hydroxylation sites is 1. The predicted molar refractivity (Wildman–Crippen MR) is 76.3 cm³/mol. The minimum atomic E-state index is -3.19. The third-order valence-electron chi connectivity index (χ3n) is 2.18. The fraction of sp³-hybridized carbons (Fsp3) is 0.500. The first kappa shape index (κ1) is 15.5. The molecule has 18 heavy (non-hydrogen) atoms. The lowest BCUT2D eigenvalue weighted by atomic mass is 10.3. The number of nitrogens with one attached hydrogen (secondary N) is 1. The monoisotopic (exact) mass is 335 g/mol. The SMILES string of the molecule is CCCS(=O)(=O)NC(C)COc1ccccc1Br. The predicted octanol–water partition coefficient (Wildman–Crippen LogP) is 2.55. The van der Waals surface area contributed by atoms with Crippen LogP contribution in [0.2, 0.25) is 0 Å². The van der Waals surface area contributed by atoms with E-state index >= 15 is 0 Å². The van der Waals surface area contributed by atoms with E-state index in [1.54, 1.807) is 6.92 Å². The van der Waals surface area contributed by atoms with Gasteiger partial charge in [-0.05, 0) is 41.4 Å². The fourth-order valence-electron chi connectivity index (χ4n) is 1.44. The average molecular weight is 336 g/mol. The Bertz CT molecular complexity index is 476. The summed E-state index contributed by atoms with van der Waals surface area (Å²) in [4.78, 5) is 0. The van der Waals surface area contributed by atoms with Crippen LogP contribution in [0.1, 0.15) is 20.3 Å². The van der Waals surface area contributed by atoms with Gasteiger partial charge in [-0.2, -0.15) is 0 Å². The maximum absolute atomic E-state index is 11.5. The summed E-state index contributed by atoms with van der Waals surface area (Å²) in [6.45, 7) is 3.91. The molecule has 0 saturated heterocycles. The van der Waals surface area contributed by atoms with Crippen molar-refractivity contribution in [3.8, 4) is 5.75 Å². The molecule has 0 spiro atoms. The van der Waals surface area contributed by atoms with Gasteiger partial charge in [-0.25, -0.2) is 13.1 Å². The Kier molecular flexibility index (Phi) is 6.11. The Morgan fingerprint density at radius 3 is 2.67 bits per heavy atom. The van der Waals surface area contributed by atoms with Gasteiger partial charge in [-0.3, -0.25) is 0 Å². The molecule has 1 rings (SSSR count). The Morgan fingerprint density at radius 1 is 1.39 bits per heavy atom. The van der Waals surface area contributed by atoms with E-state index in [1.807, 2.05) is 31.2 Å². The number of benzene rings is 1. The van der Waals surface area contributed by atoms with Crippen LogP contribution >= 0.6 is 15.9 Å². The lowest BCUT2D eigenvalue weighted by Gasteiger charge is -2.15. The second-order valence-corrected chi connectivity index (χ2v) is 6.81. The zero-order valence-corrected chi connectivity index (χ0v) is 12.9. The van der Waals surface area contributed by atoms with Gasteiger partial charge in [-0.15, -0.1) is 0 Å². The van der Waals surface area contributed by atoms with Crippen molar-refractivity contribution in [1.29, 1.82) is 0 Å². The molecule has 0 fully saturated rings. The summed E-state index contributed by atoms with van der Waals surface area (Å²) in [6, 6.07) is 7.21. The van der Waals surface area contributed by atoms with E-state index in [4.69, 9.17) is 4.74 Å². The molecule has 0 radical (unpaired) electrons. The van der Waals surface area contributed by atoms with Crippen LogP contribution in [0.4, 0.5) is 0 Å². The zero-order valence-electron chi connectivity index (χ0n) is 10.5. The van der Waals surface area contributed by atoms with Crippen molar-refractivity contribution in [1.82, 2.24) is 4.72 Å². The summed E-state index contributed by atoms with van der Waals surface area (Å²) < 4.78 is 32.1. The highest BCUT2D eigenvalue weighted by Crippen LogP contribution is 2.23. The van der Waals surface area contributed by atoms with Gasteiger partial charge in [0.2, 0.25) is 10.0 Å². The lowest BCUT2D eigenvalue weighted by Crippen LogP contribution is -2.38. The van der Waals surface area contributed by atoms with Gasteiger partial charge in [0.15, 0.2) is 0 Å². The van der Waals surface area contributed by atoms with E-state index in [0.717, 1.165) is 4.47 Å². The standard InChI is InChI=1S/C12H18BrNO3S/c1-3-8-18(15,16)14-10(2)9-17-12-7-5-4-6-11(12)13/h4-7,10,14H,3,8-9H2,1-2H3. The molecule has 1 atom stereocenters. The molecule has 0 aromatic heterocycles. The van der Waals surface area contributed by atoms with Crippen LogP contribution in [0.3, 0.4) is 0 Å². The summed E-state index contributed by atoms with van der Waals surface area (Å²) in [5.74, 6) is 0.853. The van der Waals surface area contributed by atoms with Crippen LogP contribution in [0.25, 0.3) is 0 Å². The molecule has 102 valence electrons. The minimum Gasteiger partial charge on any atom is -0.491 e. The second-order valence-electron chi connectivity index (χ2n) is 4.08. The van der Waals surface area contributed by atoms with Gasteiger partial charge in [0.25, 0.3) is 0 Å². The van der Waals surface area contributed by atoms with Gasteiger partial charge in [-0.1, -0.05) is 19.1 Å². The van der Waals surface area contributed by atoms with Gasteiger partial charge in [0, 0.05) is 0 Å². The van der Waals surface area contributed by atoms with Gasteiger partial charge in [0.1, 0.15) is 12.4 Å². The highest BCUT2D eigenvalue weighted by atomic mass is 79.9. The molecule has 1 unspecified atom stereocenters. The first-order valence-electron chi connectivity index (χ1n) is 5.82. The summed E-state index contributed by atoms with van der Waals surface area (Å²) in [6.07, 6.45) is 0.604. The number of hydrogen-bond acceptors (Lipinski definition) is 3. The highest BCUT2D eigenvalue weighted by molar-refractivity contribution is 9.10. The van der Waals surface area contributed by atoms with Crippen molar-refractivity contribution in [3.63, 3.8) is 0 Å². The molecule has 0 amide bonds. The molecular weight excluding hydrogens is 318 g/mol. The van der Waals surface area contributed by atoms with Crippen LogP contribution in [0, 0.1) is 0 Å². The van der Waals surface area contributed by atoms with Crippen LogP contribution in [0.5, 0.6) is 5.75 Å². The van der Waals surface area contributed by atoms with E-state index in [9.17, 15) is 8.42 Å². The molecular formula is C12H18BrNO3S. The summed E-state index contributed by atoms with van der Waals surface area (Å²) in [5.41, 5.74) is 0. The maximum Gasteiger partial charge on any atom is 0.211 e. The van der Waals surface area contributed by atoms with Crippen molar-refractivity contribution in [3.05, 3.63) is 28.7 Å². The molecule has 0 bridgehead atoms. The van der Waals surface area contributed by atoms with Crippen molar-refractivity contribution < 1.29 is 13.2 Å². The van der Waals surface area contributed by atoms with Crippen LogP contribution < -0.4 is 9.46 Å². The molecule has 0 saturated carbocycles. The largest absolute Gasteiger partial charge is 0.491 e. The quantitative estimate of drug-likeness (QED) is 0.833. The molecule has 0 aliphatic heterocycles. The summed E-state index contributed by atoms with van der Waals surface area (Å²) in [5, 5.41) is 0. The molecule has 1 N–H and O–H groups in total. The Morgan fingerprint density at radius 2 is 2.06 bits per heavy atom. The van der Waals surface area contributed by atoms with Crippen molar-refractivity contribution in [2.75, 3.05) is 12.4 Å². The first-order chi connectivity index (χ1) is 8.44. The van der Waals surface area contributed by atoms with E-state index < -0.39 is 10.0 Å². The van der Waals surface area contributed by atoms with Crippen LogP contribution in [0.15, 0.2) is 28.7 Å². The number of sulfonamides is 1. The zero-order chi connectivity index (χ0) is 13.6. The Labute approximate surface area is 117 Å². The van der Waals surface area contributed by atoms with E-state index in [-0.39, 0.29) is 11.8 Å². The Balaban J connectivity index is 2.47. The number of hydrogen-bond donors (Lipinski definition) is 1. The van der Waals surface area contributed by atoms with Gasteiger partial charge < -0.3 is 4.74 Å². The highest BCUT2D eigenvalue weighted by Gasteiger charge is 2.14. The smallest absolute Gasteiger partial charge is 0.211 e. The molecule has 1 aromatic carbocycles. The molecule has 4 nitrogen and oxygen atoms in total. The molecule has 6 heteroatoms. The van der Waals surface area contributed by atoms with E-state index in [1.165, 1.54) is 0 Å². The Hall–Kier alpha value is -0.590. The second kappa shape index (κ2) is 7.11. The van der Waals surface area contributed by atoms with Crippen molar-refractivity contribution in [2.24, 2.45) is 0 Å². The summed E-state index contributed by atoms with van der Waals surface area (Å²) >= 11 is 3.37. The number of rotatable bonds is 7. The van der Waals surface area contributed by atoms with E-state index in [2.05, 4.69) is 20.7 Å². The molecule has 0 heterocycles. The van der Waals surface area contributed by atoms with Crippen molar-refractivity contribution >= 4 is 26.0 Å². The number of halogens is 1. The molecule has 0 aliphatic rings. The molecule has 0 aliphatic carbocycles. The first-order valence-corrected chi connectivity index (χ1v) is 8.26. The van der Waals surface area contributed by atoms with Crippen LogP contribution in [-0.4, -0.2) is 26.8 Å². The van der Waals surface area contributed by atoms with Gasteiger partial charge in [0.05, 0.1) is 16.3 Å². The summed E-state index contributed by atoms with van der Waals surface area (Å²) in [7, 11) is -3.19. The van der Waals surface area contributed by atoms with Crippen LogP contribution in [-0.2, 0) is 10.0 Å². The number of ether oxygens (including phenoxy) is 1. The maximum atomic E-state index is 11.5. The van der Waals surface area contributed by atoms with E-state index in [0.29, 0.717) is 18.8 Å². The average Bonchev–Trinajstić information content (AvgIpc) is 2.27. The minimum absolute atomic E-state index is 0.145. The molecule has 1 aromatic rings. The fourth-order valence-corrected chi connectivity index (χ4v) is 3.18. The van der Waals surface area contributed by atoms with Gasteiger partial charge >= 0.3 is 0 Å². The third-order valence-corrected chi connectivity index (χ3v) is 4.54. The third kappa shape index (κ3) is 5.37.